The van der Waals surface area contributed by atoms with E-state index >= 15 is 0 Å². The van der Waals surface area contributed by atoms with Crippen molar-refractivity contribution in [3.63, 3.8) is 0 Å². The number of fused-ring (bicyclic) bond motifs is 2. The molecule has 2 aliphatic rings. The highest BCUT2D eigenvalue weighted by molar-refractivity contribution is 6.31. The van der Waals surface area contributed by atoms with Crippen molar-refractivity contribution in [1.29, 1.82) is 0 Å². The van der Waals surface area contributed by atoms with Crippen LogP contribution in [-0.2, 0) is 22.6 Å². The summed E-state index contributed by atoms with van der Waals surface area (Å²) in [5.41, 5.74) is 4.65. The summed E-state index contributed by atoms with van der Waals surface area (Å²) >= 11 is 6.24. The van der Waals surface area contributed by atoms with Gasteiger partial charge in [0.15, 0.2) is 0 Å². The lowest BCUT2D eigenvalue weighted by atomic mass is 9.89. The summed E-state index contributed by atoms with van der Waals surface area (Å²) in [6.07, 6.45) is 11.0. The molecule has 1 saturated carbocycles. The zero-order valence-electron chi connectivity index (χ0n) is 18.6. The Labute approximate surface area is 198 Å². The maximum atomic E-state index is 12.8. The fraction of sp³-hybridized carbons (Fsp3) is 0.333. The van der Waals surface area contributed by atoms with Gasteiger partial charge >= 0.3 is 0 Å². The molecule has 2 heterocycles. The van der Waals surface area contributed by atoms with E-state index in [4.69, 9.17) is 11.6 Å². The van der Waals surface area contributed by atoms with E-state index in [9.17, 15) is 9.59 Å². The van der Waals surface area contributed by atoms with Crippen molar-refractivity contribution in [3.8, 4) is 0 Å². The lowest BCUT2D eigenvalue weighted by Gasteiger charge is -2.23. The van der Waals surface area contributed by atoms with Gasteiger partial charge < -0.3 is 15.2 Å². The van der Waals surface area contributed by atoms with Crippen LogP contribution in [0.5, 0.6) is 0 Å². The average Bonchev–Trinajstić information content (AvgIpc) is 3.14. The van der Waals surface area contributed by atoms with Crippen molar-refractivity contribution < 1.29 is 9.59 Å². The standard InChI is InChI=1S/C27H28ClN3O2/c28-20-9-12-25-19(15-20)16-21(31(25)17-18-5-2-1-3-6-18)10-13-26(32)29-23-7-4-8-24-22(23)11-14-27(33)30-24/h4,7-10,12-13,15-16,18H,1-3,5-6,11,14,17H2,(H,29,32)(H,30,33)/b13-10+. The Kier molecular flexibility index (Phi) is 6.23. The van der Waals surface area contributed by atoms with Gasteiger partial charge in [-0.3, -0.25) is 9.59 Å². The largest absolute Gasteiger partial charge is 0.341 e. The number of carbonyl (C=O) groups is 2. The van der Waals surface area contributed by atoms with Crippen LogP contribution in [0.4, 0.5) is 11.4 Å². The van der Waals surface area contributed by atoms with Gasteiger partial charge in [-0.2, -0.15) is 0 Å². The lowest BCUT2D eigenvalue weighted by molar-refractivity contribution is -0.116. The number of halogens is 1. The molecule has 0 atom stereocenters. The molecular weight excluding hydrogens is 434 g/mol. The van der Waals surface area contributed by atoms with E-state index in [1.54, 1.807) is 6.08 Å². The molecule has 1 aliphatic carbocycles. The van der Waals surface area contributed by atoms with Gasteiger partial charge in [-0.05, 0) is 73.2 Å². The molecule has 0 unspecified atom stereocenters. The quantitative estimate of drug-likeness (QED) is 0.431. The second-order valence-electron chi connectivity index (χ2n) is 9.09. The Balaban J connectivity index is 1.38. The van der Waals surface area contributed by atoms with Crippen LogP contribution in [0.3, 0.4) is 0 Å². The number of nitrogens with zero attached hydrogens (tertiary/aromatic N) is 1. The first-order chi connectivity index (χ1) is 16.1. The highest BCUT2D eigenvalue weighted by Crippen LogP contribution is 2.31. The number of aromatic nitrogens is 1. The lowest BCUT2D eigenvalue weighted by Crippen LogP contribution is -2.21. The van der Waals surface area contributed by atoms with E-state index in [-0.39, 0.29) is 11.8 Å². The number of carbonyl (C=O) groups excluding carboxylic acids is 2. The summed E-state index contributed by atoms with van der Waals surface area (Å²) in [4.78, 5) is 24.5. The second kappa shape index (κ2) is 9.44. The minimum atomic E-state index is -0.187. The summed E-state index contributed by atoms with van der Waals surface area (Å²) in [6, 6.07) is 13.7. The third-order valence-corrected chi connectivity index (χ3v) is 7.01. The number of nitrogens with one attached hydrogen (secondary N) is 2. The third-order valence-electron chi connectivity index (χ3n) is 6.78. The molecule has 0 bridgehead atoms. The maximum absolute atomic E-state index is 12.8. The fourth-order valence-corrected chi connectivity index (χ4v) is 5.29. The molecule has 0 spiro atoms. The first-order valence-corrected chi connectivity index (χ1v) is 12.1. The van der Waals surface area contributed by atoms with Crippen molar-refractivity contribution in [3.05, 3.63) is 64.8 Å². The topological polar surface area (TPSA) is 63.1 Å². The summed E-state index contributed by atoms with van der Waals surface area (Å²) in [7, 11) is 0. The molecule has 6 heteroatoms. The van der Waals surface area contributed by atoms with Crippen molar-refractivity contribution in [1.82, 2.24) is 4.57 Å². The number of benzene rings is 2. The SMILES string of the molecule is O=C(/C=C/c1cc2cc(Cl)ccc2n1CC1CCCCC1)Nc1cccc2c1CCC(=O)N2. The van der Waals surface area contributed by atoms with E-state index in [1.165, 1.54) is 32.1 Å². The molecule has 5 nitrogen and oxygen atoms in total. The number of hydrogen-bond acceptors (Lipinski definition) is 2. The van der Waals surface area contributed by atoms with Gasteiger partial charge in [0.1, 0.15) is 0 Å². The summed E-state index contributed by atoms with van der Waals surface area (Å²) in [6.45, 7) is 0.957. The van der Waals surface area contributed by atoms with Crippen molar-refractivity contribution >= 4 is 51.8 Å². The molecule has 2 amide bonds. The van der Waals surface area contributed by atoms with Gasteiger partial charge in [0.2, 0.25) is 11.8 Å². The Bertz CT molecular complexity index is 1240. The van der Waals surface area contributed by atoms with Crippen molar-refractivity contribution in [2.24, 2.45) is 5.92 Å². The predicted molar refractivity (Wildman–Crippen MR) is 135 cm³/mol. The Morgan fingerprint density at radius 3 is 2.82 bits per heavy atom. The van der Waals surface area contributed by atoms with Gasteiger partial charge in [0.25, 0.3) is 0 Å². The fourth-order valence-electron chi connectivity index (χ4n) is 5.11. The molecule has 1 aliphatic heterocycles. The molecule has 0 radical (unpaired) electrons. The predicted octanol–water partition coefficient (Wildman–Crippen LogP) is 6.41. The van der Waals surface area contributed by atoms with Crippen LogP contribution in [0, 0.1) is 5.92 Å². The van der Waals surface area contributed by atoms with Crippen LogP contribution in [0.2, 0.25) is 5.02 Å². The first kappa shape index (κ1) is 21.8. The van der Waals surface area contributed by atoms with E-state index in [1.807, 2.05) is 36.4 Å². The van der Waals surface area contributed by atoms with Gasteiger partial charge in [0, 0.05) is 52.0 Å². The third kappa shape index (κ3) is 4.83. The van der Waals surface area contributed by atoms with E-state index in [0.717, 1.165) is 40.1 Å². The number of rotatable bonds is 5. The summed E-state index contributed by atoms with van der Waals surface area (Å²) in [5, 5.41) is 7.67. The number of anilines is 2. The molecule has 2 aromatic carbocycles. The highest BCUT2D eigenvalue weighted by Gasteiger charge is 2.19. The van der Waals surface area contributed by atoms with Crippen LogP contribution in [0.25, 0.3) is 17.0 Å². The summed E-state index contributed by atoms with van der Waals surface area (Å²) in [5.74, 6) is 0.488. The van der Waals surface area contributed by atoms with E-state index < -0.39 is 0 Å². The Morgan fingerprint density at radius 2 is 1.97 bits per heavy atom. The molecule has 1 aromatic heterocycles. The molecule has 33 heavy (non-hydrogen) atoms. The smallest absolute Gasteiger partial charge is 0.248 e. The molecule has 1 fully saturated rings. The molecule has 170 valence electrons. The van der Waals surface area contributed by atoms with Crippen molar-refractivity contribution in [2.75, 3.05) is 10.6 Å². The van der Waals surface area contributed by atoms with Crippen molar-refractivity contribution in [2.45, 2.75) is 51.5 Å². The molecule has 2 N–H and O–H groups in total. The van der Waals surface area contributed by atoms with Crippen LogP contribution in [0.15, 0.2) is 48.5 Å². The normalized spacial score (nSPS) is 16.7. The number of amides is 2. The minimum absolute atomic E-state index is 0.0109. The van der Waals surface area contributed by atoms with Gasteiger partial charge in [-0.15, -0.1) is 0 Å². The average molecular weight is 462 g/mol. The Morgan fingerprint density at radius 1 is 1.12 bits per heavy atom. The molecule has 0 saturated heterocycles. The van der Waals surface area contributed by atoms with Crippen LogP contribution < -0.4 is 10.6 Å². The zero-order valence-corrected chi connectivity index (χ0v) is 19.3. The Hall–Kier alpha value is -3.05. The van der Waals surface area contributed by atoms with E-state index in [0.29, 0.717) is 23.8 Å². The molecular formula is C27H28ClN3O2. The summed E-state index contributed by atoms with van der Waals surface area (Å²) < 4.78 is 2.32. The monoisotopic (exact) mass is 461 g/mol. The van der Waals surface area contributed by atoms with Crippen LogP contribution >= 0.6 is 11.6 Å². The van der Waals surface area contributed by atoms with Crippen LogP contribution in [-0.4, -0.2) is 16.4 Å². The van der Waals surface area contributed by atoms with Gasteiger partial charge in [0.05, 0.1) is 0 Å². The number of hydrogen-bond donors (Lipinski definition) is 2. The van der Waals surface area contributed by atoms with Gasteiger partial charge in [-0.1, -0.05) is 36.9 Å². The molecule has 5 rings (SSSR count). The molecule has 3 aromatic rings. The minimum Gasteiger partial charge on any atom is -0.341 e. The first-order valence-electron chi connectivity index (χ1n) is 11.8. The van der Waals surface area contributed by atoms with E-state index in [2.05, 4.69) is 27.3 Å². The van der Waals surface area contributed by atoms with Crippen LogP contribution in [0.1, 0.15) is 49.8 Å². The zero-order chi connectivity index (χ0) is 22.8. The maximum Gasteiger partial charge on any atom is 0.248 e. The highest BCUT2D eigenvalue weighted by atomic mass is 35.5. The second-order valence-corrected chi connectivity index (χ2v) is 9.53. The van der Waals surface area contributed by atoms with Gasteiger partial charge in [-0.25, -0.2) is 0 Å².